The first-order valence-corrected chi connectivity index (χ1v) is 9.22. The second-order valence-corrected chi connectivity index (χ2v) is 7.60. The quantitative estimate of drug-likeness (QED) is 0.543. The van der Waals surface area contributed by atoms with E-state index < -0.39 is 11.7 Å². The molecule has 0 atom stereocenters. The van der Waals surface area contributed by atoms with Gasteiger partial charge in [-0.2, -0.15) is 0 Å². The summed E-state index contributed by atoms with van der Waals surface area (Å²) in [6, 6.07) is 16.9. The molecule has 0 spiro atoms. The van der Waals surface area contributed by atoms with E-state index in [2.05, 4.69) is 9.97 Å². The predicted octanol–water partition coefficient (Wildman–Crippen LogP) is 4.53. The van der Waals surface area contributed by atoms with E-state index in [1.807, 2.05) is 63.2 Å². The van der Waals surface area contributed by atoms with Crippen molar-refractivity contribution in [1.82, 2.24) is 19.5 Å². The fraction of sp³-hybridized carbons (Fsp3) is 0.182. The van der Waals surface area contributed by atoms with Crippen LogP contribution in [-0.2, 0) is 4.74 Å². The molecule has 2 N–H and O–H groups in total. The number of hydrogen-bond acceptors (Lipinski definition) is 6. The Hall–Kier alpha value is -3.74. The molecule has 0 saturated carbocycles. The first-order valence-electron chi connectivity index (χ1n) is 9.22. The number of nitrogen functional groups attached to an aromatic ring is 1. The molecule has 0 unspecified atom stereocenters. The van der Waals surface area contributed by atoms with Crippen molar-refractivity contribution in [2.75, 3.05) is 5.73 Å². The molecular weight excluding hydrogens is 366 g/mol. The largest absolute Gasteiger partial charge is 0.443 e. The predicted molar refractivity (Wildman–Crippen MR) is 112 cm³/mol. The van der Waals surface area contributed by atoms with E-state index in [-0.39, 0.29) is 5.95 Å². The summed E-state index contributed by atoms with van der Waals surface area (Å²) >= 11 is 0. The molecule has 0 aliphatic heterocycles. The third-order valence-electron chi connectivity index (χ3n) is 4.21. The Balaban J connectivity index is 1.85. The van der Waals surface area contributed by atoms with Gasteiger partial charge in [-0.1, -0.05) is 30.3 Å². The number of hydrogen-bond donors (Lipinski definition) is 1. The zero-order valence-electron chi connectivity index (χ0n) is 16.5. The summed E-state index contributed by atoms with van der Waals surface area (Å²) in [5.74, 6) is 0.183. The van der Waals surface area contributed by atoms with Gasteiger partial charge in [0.15, 0.2) is 0 Å². The Morgan fingerprint density at radius 2 is 1.72 bits per heavy atom. The van der Waals surface area contributed by atoms with Crippen LogP contribution in [0, 0.1) is 0 Å². The lowest BCUT2D eigenvalue weighted by molar-refractivity contribution is 0.0540. The van der Waals surface area contributed by atoms with Gasteiger partial charge in [0.1, 0.15) is 16.8 Å². The number of carbonyl (C=O) groups is 1. The van der Waals surface area contributed by atoms with E-state index in [1.165, 1.54) is 4.57 Å². The average molecular weight is 387 g/mol. The van der Waals surface area contributed by atoms with Crippen LogP contribution in [0.5, 0.6) is 0 Å². The number of benzene rings is 1. The number of anilines is 1. The number of nitrogens with two attached hydrogens (primary N) is 1. The molecule has 1 aromatic carbocycles. The SMILES string of the molecule is CC(C)(C)OC(=O)n1cccc1-c1ccc2nc(N)nc(-c3ccccc3)c2n1. The summed E-state index contributed by atoms with van der Waals surface area (Å²) in [5, 5.41) is 0. The summed E-state index contributed by atoms with van der Waals surface area (Å²) < 4.78 is 6.94. The van der Waals surface area contributed by atoms with Crippen molar-refractivity contribution < 1.29 is 9.53 Å². The van der Waals surface area contributed by atoms with Crippen molar-refractivity contribution >= 4 is 23.1 Å². The van der Waals surface area contributed by atoms with Crippen LogP contribution in [0.4, 0.5) is 10.7 Å². The number of ether oxygens (including phenoxy) is 1. The fourth-order valence-electron chi connectivity index (χ4n) is 3.03. The van der Waals surface area contributed by atoms with Gasteiger partial charge in [0, 0.05) is 11.8 Å². The third kappa shape index (κ3) is 3.80. The third-order valence-corrected chi connectivity index (χ3v) is 4.21. The van der Waals surface area contributed by atoms with Crippen LogP contribution in [0.1, 0.15) is 20.8 Å². The first-order chi connectivity index (χ1) is 13.8. The maximum Gasteiger partial charge on any atom is 0.419 e. The summed E-state index contributed by atoms with van der Waals surface area (Å²) in [4.78, 5) is 26.1. The molecule has 4 rings (SSSR count). The zero-order valence-corrected chi connectivity index (χ0v) is 16.5. The van der Waals surface area contributed by atoms with Gasteiger partial charge in [-0.3, -0.25) is 4.57 Å². The number of fused-ring (bicyclic) bond motifs is 1. The lowest BCUT2D eigenvalue weighted by Crippen LogP contribution is -2.27. The molecule has 0 amide bonds. The van der Waals surface area contributed by atoms with Crippen LogP contribution in [0.25, 0.3) is 33.7 Å². The molecule has 7 nitrogen and oxygen atoms in total. The van der Waals surface area contributed by atoms with Gasteiger partial charge >= 0.3 is 6.09 Å². The second-order valence-electron chi connectivity index (χ2n) is 7.60. The molecule has 29 heavy (non-hydrogen) atoms. The Kier molecular flexibility index (Phi) is 4.50. The van der Waals surface area contributed by atoms with Crippen molar-refractivity contribution in [3.05, 3.63) is 60.8 Å². The van der Waals surface area contributed by atoms with Crippen molar-refractivity contribution in [1.29, 1.82) is 0 Å². The number of pyridine rings is 1. The minimum atomic E-state index is -0.596. The van der Waals surface area contributed by atoms with Crippen molar-refractivity contribution in [3.63, 3.8) is 0 Å². The normalized spacial score (nSPS) is 11.6. The molecule has 0 fully saturated rings. The molecule has 0 bridgehead atoms. The Bertz CT molecular complexity index is 1190. The van der Waals surface area contributed by atoms with Crippen LogP contribution >= 0.6 is 0 Å². The van der Waals surface area contributed by atoms with Gasteiger partial charge in [-0.25, -0.2) is 19.7 Å². The van der Waals surface area contributed by atoms with Gasteiger partial charge in [0.25, 0.3) is 0 Å². The second kappa shape index (κ2) is 7.01. The maximum absolute atomic E-state index is 12.6. The average Bonchev–Trinajstić information content (AvgIpc) is 3.16. The van der Waals surface area contributed by atoms with E-state index in [1.54, 1.807) is 18.3 Å². The molecule has 0 saturated heterocycles. The van der Waals surface area contributed by atoms with E-state index in [4.69, 9.17) is 15.5 Å². The van der Waals surface area contributed by atoms with E-state index in [0.29, 0.717) is 28.1 Å². The molecule has 3 heterocycles. The van der Waals surface area contributed by atoms with Crippen molar-refractivity contribution in [3.8, 4) is 22.6 Å². The smallest absolute Gasteiger partial charge is 0.419 e. The molecule has 7 heteroatoms. The summed E-state index contributed by atoms with van der Waals surface area (Å²) in [5.41, 5.74) is 9.32. The lowest BCUT2D eigenvalue weighted by atomic mass is 10.1. The van der Waals surface area contributed by atoms with Crippen LogP contribution in [-0.4, -0.2) is 31.2 Å². The van der Waals surface area contributed by atoms with Gasteiger partial charge in [-0.05, 0) is 45.0 Å². The molecule has 0 aliphatic carbocycles. The summed E-state index contributed by atoms with van der Waals surface area (Å²) in [7, 11) is 0. The molecule has 4 aromatic rings. The van der Waals surface area contributed by atoms with Gasteiger partial charge in [0.05, 0.1) is 16.9 Å². The van der Waals surface area contributed by atoms with Crippen LogP contribution in [0.2, 0.25) is 0 Å². The summed E-state index contributed by atoms with van der Waals surface area (Å²) in [6.45, 7) is 5.49. The molecular formula is C22H21N5O2. The minimum absolute atomic E-state index is 0.183. The number of aromatic nitrogens is 4. The fourth-order valence-corrected chi connectivity index (χ4v) is 3.03. The van der Waals surface area contributed by atoms with Crippen LogP contribution in [0.15, 0.2) is 60.8 Å². The standard InChI is InChI=1S/C22H21N5O2/c1-22(2,3)29-21(28)27-13-7-10-17(27)15-11-12-16-19(24-15)18(26-20(23)25-16)14-8-5-4-6-9-14/h4-13H,1-3H3,(H2,23,25,26). The van der Waals surface area contributed by atoms with Gasteiger partial charge < -0.3 is 10.5 Å². The highest BCUT2D eigenvalue weighted by molar-refractivity contribution is 5.91. The van der Waals surface area contributed by atoms with Gasteiger partial charge in [-0.15, -0.1) is 0 Å². The summed E-state index contributed by atoms with van der Waals surface area (Å²) in [6.07, 6.45) is 1.20. The van der Waals surface area contributed by atoms with Crippen LogP contribution in [0.3, 0.4) is 0 Å². The highest BCUT2D eigenvalue weighted by Gasteiger charge is 2.21. The topological polar surface area (TPSA) is 95.9 Å². The molecule has 0 radical (unpaired) electrons. The number of carbonyl (C=O) groups excluding carboxylic acids is 1. The molecule has 146 valence electrons. The van der Waals surface area contributed by atoms with Gasteiger partial charge in [0.2, 0.25) is 5.95 Å². The van der Waals surface area contributed by atoms with Crippen molar-refractivity contribution in [2.45, 2.75) is 26.4 Å². The number of rotatable bonds is 2. The zero-order chi connectivity index (χ0) is 20.6. The first kappa shape index (κ1) is 18.6. The highest BCUT2D eigenvalue weighted by Crippen LogP contribution is 2.28. The maximum atomic E-state index is 12.6. The van der Waals surface area contributed by atoms with Crippen molar-refractivity contribution in [2.24, 2.45) is 0 Å². The molecule has 3 aromatic heterocycles. The van der Waals surface area contributed by atoms with E-state index in [0.717, 1.165) is 5.56 Å². The lowest BCUT2D eigenvalue weighted by Gasteiger charge is -2.20. The monoisotopic (exact) mass is 387 g/mol. The van der Waals surface area contributed by atoms with E-state index >= 15 is 0 Å². The Morgan fingerprint density at radius 3 is 2.45 bits per heavy atom. The molecule has 0 aliphatic rings. The van der Waals surface area contributed by atoms with E-state index in [9.17, 15) is 4.79 Å². The highest BCUT2D eigenvalue weighted by atomic mass is 16.6. The van der Waals surface area contributed by atoms with Crippen LogP contribution < -0.4 is 5.73 Å². The number of nitrogens with zero attached hydrogens (tertiary/aromatic N) is 4. The Morgan fingerprint density at radius 1 is 0.966 bits per heavy atom. The Labute approximate surface area is 168 Å². The minimum Gasteiger partial charge on any atom is -0.443 e.